The number of hydrogen-bond donors (Lipinski definition) is 3. The van der Waals surface area contributed by atoms with Gasteiger partial charge in [0.1, 0.15) is 0 Å². The molecule has 0 heterocycles. The van der Waals surface area contributed by atoms with E-state index in [9.17, 15) is 4.79 Å². The van der Waals surface area contributed by atoms with Gasteiger partial charge in [-0.1, -0.05) is 64.6 Å². The molecule has 0 radical (unpaired) electrons. The van der Waals surface area contributed by atoms with Crippen LogP contribution in [0.5, 0.6) is 0 Å². The second-order valence-corrected chi connectivity index (χ2v) is 7.67. The van der Waals surface area contributed by atoms with Gasteiger partial charge in [-0.25, -0.2) is 0 Å². The molecule has 1 aliphatic carbocycles. The van der Waals surface area contributed by atoms with Crippen molar-refractivity contribution in [1.29, 1.82) is 0 Å². The van der Waals surface area contributed by atoms with Gasteiger partial charge in [0.05, 0.1) is 30.4 Å². The Morgan fingerprint density at radius 1 is 1.10 bits per heavy atom. The lowest BCUT2D eigenvalue weighted by atomic mass is 9.91. The maximum Gasteiger partial charge on any atom is 0.252 e. The first-order valence-corrected chi connectivity index (χ1v) is 10.5. The van der Waals surface area contributed by atoms with Crippen molar-refractivity contribution in [2.45, 2.75) is 66.4 Å². The monoisotopic (exact) mass is 428 g/mol. The largest absolute Gasteiger partial charge is 0.395 e. The first-order chi connectivity index (χ1) is 13.2. The van der Waals surface area contributed by atoms with Crippen LogP contribution in [0.1, 0.15) is 75.7 Å². The molecule has 0 atom stereocenters. The third-order valence-electron chi connectivity index (χ3n) is 5.03. The quantitative estimate of drug-likeness (QED) is 0.468. The van der Waals surface area contributed by atoms with Crippen molar-refractivity contribution in [2.75, 3.05) is 32.8 Å². The molecule has 5 nitrogen and oxygen atoms in total. The van der Waals surface area contributed by atoms with Crippen LogP contribution in [0.3, 0.4) is 0 Å². The fourth-order valence-corrected chi connectivity index (χ4v) is 3.66. The Kier molecular flexibility index (Phi) is 16.0. The zero-order chi connectivity index (χ0) is 19.3. The van der Waals surface area contributed by atoms with E-state index < -0.39 is 0 Å². The van der Waals surface area contributed by atoms with Gasteiger partial charge >= 0.3 is 0 Å². The van der Waals surface area contributed by atoms with Crippen molar-refractivity contribution in [3.63, 3.8) is 0 Å². The van der Waals surface area contributed by atoms with Gasteiger partial charge in [0, 0.05) is 19.6 Å². The Balaban J connectivity index is 0.00000392. The number of aliphatic hydroxyl groups is 1. The van der Waals surface area contributed by atoms with Crippen LogP contribution in [0.25, 0.3) is 0 Å². The van der Waals surface area contributed by atoms with Crippen LogP contribution in [0.4, 0.5) is 0 Å². The molecule has 0 saturated heterocycles. The van der Waals surface area contributed by atoms with E-state index in [1.54, 1.807) is 6.07 Å². The van der Waals surface area contributed by atoms with E-state index in [1.165, 1.54) is 44.9 Å². The number of halogens is 1. The lowest BCUT2D eigenvalue weighted by molar-refractivity contribution is 0.0944. The van der Waals surface area contributed by atoms with Gasteiger partial charge < -0.3 is 20.5 Å². The summed E-state index contributed by atoms with van der Waals surface area (Å²) in [6, 6.07) is 5.46. The minimum atomic E-state index is -0.103. The molecule has 1 amide bonds. The molecule has 1 aromatic carbocycles. The van der Waals surface area contributed by atoms with Crippen LogP contribution >= 0.6 is 11.6 Å². The highest BCUT2D eigenvalue weighted by Gasteiger charge is 2.15. The first-order valence-electron chi connectivity index (χ1n) is 10.2. The van der Waals surface area contributed by atoms with Crippen molar-refractivity contribution in [3.8, 4) is 0 Å². The van der Waals surface area contributed by atoms with Crippen molar-refractivity contribution in [2.24, 2.45) is 5.92 Å². The summed E-state index contributed by atoms with van der Waals surface area (Å²) in [6.07, 6.45) is 8.91. The lowest BCUT2D eigenvalue weighted by Gasteiger charge is -2.20. The molecular weight excluding hydrogens is 388 g/mol. The fraction of sp³-hybridized carbons (Fsp3) is 0.696. The predicted molar refractivity (Wildman–Crippen MR) is 123 cm³/mol. The summed E-state index contributed by atoms with van der Waals surface area (Å²) in [5, 5.41) is 15.3. The van der Waals surface area contributed by atoms with E-state index in [-0.39, 0.29) is 27.4 Å². The van der Waals surface area contributed by atoms with Crippen LogP contribution in [-0.4, -0.2) is 43.9 Å². The maximum atomic E-state index is 12.6. The zero-order valence-electron chi connectivity index (χ0n) is 16.1. The number of benzene rings is 1. The number of aliphatic hydroxyl groups excluding tert-OH is 1. The van der Waals surface area contributed by atoms with Gasteiger partial charge in [-0.2, -0.15) is 0 Å². The second-order valence-electron chi connectivity index (χ2n) is 7.26. The SMILES string of the molecule is C.C.O=C(NCC1CCCCCCC1)c1cc(COCCNCCO)ccc1Cl. The molecule has 3 N–H and O–H groups in total. The van der Waals surface area contributed by atoms with E-state index in [1.807, 2.05) is 12.1 Å². The number of rotatable bonds is 10. The van der Waals surface area contributed by atoms with Gasteiger partial charge in [-0.05, 0) is 36.5 Å². The standard InChI is InChI=1S/C21H33ClN2O3.2CH4/c22-20-9-8-18(16-27-13-11-23-10-12-25)14-19(20)21(26)24-15-17-6-4-2-1-3-5-7-17;;/h8-9,14,17,23,25H,1-7,10-13,15-16H2,(H,24,26);2*1H4. The van der Waals surface area contributed by atoms with Crippen molar-refractivity contribution in [3.05, 3.63) is 34.3 Å². The second kappa shape index (κ2) is 16.6. The summed E-state index contributed by atoms with van der Waals surface area (Å²) < 4.78 is 5.60. The highest BCUT2D eigenvalue weighted by Crippen LogP contribution is 2.22. The average molecular weight is 429 g/mol. The molecule has 0 bridgehead atoms. The first kappa shape index (κ1) is 27.9. The fourth-order valence-electron chi connectivity index (χ4n) is 3.45. The molecule has 1 fully saturated rings. The van der Waals surface area contributed by atoms with Crippen LogP contribution in [0.2, 0.25) is 5.02 Å². The Labute approximate surface area is 182 Å². The molecule has 0 aromatic heterocycles. The van der Waals surface area contributed by atoms with Crippen molar-refractivity contribution in [1.82, 2.24) is 10.6 Å². The normalized spacial score (nSPS) is 14.8. The smallest absolute Gasteiger partial charge is 0.252 e. The van der Waals surface area contributed by atoms with Crippen LogP contribution in [0, 0.1) is 5.92 Å². The number of carbonyl (C=O) groups is 1. The third-order valence-corrected chi connectivity index (χ3v) is 5.36. The summed E-state index contributed by atoms with van der Waals surface area (Å²) in [4.78, 5) is 12.6. The van der Waals surface area contributed by atoms with Crippen molar-refractivity contribution >= 4 is 17.5 Å². The molecule has 2 rings (SSSR count). The van der Waals surface area contributed by atoms with Gasteiger partial charge in [-0.15, -0.1) is 0 Å². The molecule has 168 valence electrons. The molecule has 0 aliphatic heterocycles. The Bertz CT molecular complexity index is 561. The lowest BCUT2D eigenvalue weighted by Crippen LogP contribution is -2.30. The third kappa shape index (κ3) is 11.0. The summed E-state index contributed by atoms with van der Waals surface area (Å²) in [7, 11) is 0. The zero-order valence-corrected chi connectivity index (χ0v) is 16.9. The number of ether oxygens (including phenoxy) is 1. The van der Waals surface area contributed by atoms with E-state index in [4.69, 9.17) is 21.4 Å². The molecule has 0 unspecified atom stereocenters. The van der Waals surface area contributed by atoms with Gasteiger partial charge in [0.15, 0.2) is 0 Å². The topological polar surface area (TPSA) is 70.6 Å². The predicted octanol–water partition coefficient (Wildman–Crippen LogP) is 4.80. The van der Waals surface area contributed by atoms with E-state index in [2.05, 4.69) is 10.6 Å². The summed E-state index contributed by atoms with van der Waals surface area (Å²) >= 11 is 6.24. The van der Waals surface area contributed by atoms with E-state index in [0.29, 0.717) is 42.8 Å². The number of nitrogens with one attached hydrogen (secondary N) is 2. The van der Waals surface area contributed by atoms with Crippen molar-refractivity contribution < 1.29 is 14.6 Å². The van der Waals surface area contributed by atoms with E-state index >= 15 is 0 Å². The molecule has 1 aliphatic rings. The maximum absolute atomic E-state index is 12.6. The highest BCUT2D eigenvalue weighted by atomic mass is 35.5. The highest BCUT2D eigenvalue weighted by molar-refractivity contribution is 6.33. The average Bonchev–Trinajstić information content (AvgIpc) is 2.64. The summed E-state index contributed by atoms with van der Waals surface area (Å²) in [5.74, 6) is 0.472. The Morgan fingerprint density at radius 2 is 1.79 bits per heavy atom. The molecule has 6 heteroatoms. The van der Waals surface area contributed by atoms with Crippen LogP contribution in [-0.2, 0) is 11.3 Å². The molecule has 1 aromatic rings. The van der Waals surface area contributed by atoms with E-state index in [0.717, 1.165) is 12.1 Å². The van der Waals surface area contributed by atoms with Crippen LogP contribution < -0.4 is 10.6 Å². The summed E-state index contributed by atoms with van der Waals surface area (Å²) in [5.41, 5.74) is 1.44. The molecule has 0 spiro atoms. The molecule has 1 saturated carbocycles. The summed E-state index contributed by atoms with van der Waals surface area (Å²) in [6.45, 7) is 3.08. The molecular formula is C23H41ClN2O3. The number of amides is 1. The Hall–Kier alpha value is -1.14. The van der Waals surface area contributed by atoms with Gasteiger partial charge in [0.2, 0.25) is 0 Å². The van der Waals surface area contributed by atoms with Gasteiger partial charge in [-0.3, -0.25) is 4.79 Å². The minimum absolute atomic E-state index is 0. The minimum Gasteiger partial charge on any atom is -0.395 e. The van der Waals surface area contributed by atoms with Gasteiger partial charge in [0.25, 0.3) is 5.91 Å². The Morgan fingerprint density at radius 3 is 2.48 bits per heavy atom. The number of hydrogen-bond acceptors (Lipinski definition) is 4. The van der Waals surface area contributed by atoms with Crippen LogP contribution in [0.15, 0.2) is 18.2 Å². The number of carbonyl (C=O) groups excluding carboxylic acids is 1. The molecule has 29 heavy (non-hydrogen) atoms.